The monoisotopic (exact) mass is 385 g/mol. The predicted molar refractivity (Wildman–Crippen MR) is 114 cm³/mol. The van der Waals surface area contributed by atoms with E-state index in [9.17, 15) is 4.79 Å². The number of anilines is 2. The summed E-state index contributed by atoms with van der Waals surface area (Å²) in [4.78, 5) is 17.4. The van der Waals surface area contributed by atoms with Crippen molar-refractivity contribution in [3.05, 3.63) is 59.1 Å². The Kier molecular flexibility index (Phi) is 6.40. The molecule has 1 heterocycles. The third-order valence-electron chi connectivity index (χ3n) is 5.26. The number of rotatable bonds is 5. The third kappa shape index (κ3) is 4.82. The highest BCUT2D eigenvalue weighted by Crippen LogP contribution is 2.25. The van der Waals surface area contributed by atoms with Gasteiger partial charge in [-0.3, -0.25) is 9.69 Å². The van der Waals surface area contributed by atoms with Crippen LogP contribution >= 0.6 is 11.6 Å². The maximum absolute atomic E-state index is 12.8. The molecule has 1 atom stereocenters. The first kappa shape index (κ1) is 19.7. The average Bonchev–Trinajstić information content (AvgIpc) is 2.67. The lowest BCUT2D eigenvalue weighted by Gasteiger charge is -2.38. The Balaban J connectivity index is 1.59. The second kappa shape index (κ2) is 8.77. The van der Waals surface area contributed by atoms with Crippen LogP contribution in [0.15, 0.2) is 48.5 Å². The van der Waals surface area contributed by atoms with Gasteiger partial charge in [-0.2, -0.15) is 0 Å². The molecule has 0 radical (unpaired) electrons. The smallest absolute Gasteiger partial charge is 0.241 e. The fourth-order valence-corrected chi connectivity index (χ4v) is 3.74. The van der Waals surface area contributed by atoms with Crippen molar-refractivity contribution in [2.75, 3.05) is 36.4 Å². The Hall–Kier alpha value is -2.04. The van der Waals surface area contributed by atoms with E-state index in [0.717, 1.165) is 42.6 Å². The number of benzene rings is 2. The molecule has 1 aliphatic heterocycles. The number of para-hydroxylation sites is 1. The summed E-state index contributed by atoms with van der Waals surface area (Å²) < 4.78 is 0. The Morgan fingerprint density at radius 2 is 1.70 bits per heavy atom. The zero-order valence-corrected chi connectivity index (χ0v) is 17.0. The molecule has 3 rings (SSSR count). The molecule has 4 nitrogen and oxygen atoms in total. The number of carbonyl (C=O) groups excluding carboxylic acids is 1. The molecule has 0 aromatic heterocycles. The minimum atomic E-state index is -0.160. The van der Waals surface area contributed by atoms with Crippen LogP contribution in [0.25, 0.3) is 0 Å². The number of carbonyl (C=O) groups is 1. The second-order valence-corrected chi connectivity index (χ2v) is 7.85. The van der Waals surface area contributed by atoms with Crippen LogP contribution in [0.2, 0.25) is 5.02 Å². The minimum Gasteiger partial charge on any atom is -0.369 e. The standard InChI is InChI=1S/C22H28ClN3O/c1-16(2)20-9-4-5-10-21(20)24-22(27)17(3)25-11-13-26(14-12-25)19-8-6-7-18(23)15-19/h4-10,15-17H,11-14H2,1-3H3,(H,24,27)/t17-/m0/s1. The van der Waals surface area contributed by atoms with Gasteiger partial charge in [0, 0.05) is 42.6 Å². The molecule has 1 fully saturated rings. The molecule has 1 aliphatic rings. The third-order valence-corrected chi connectivity index (χ3v) is 5.49. The predicted octanol–water partition coefficient (Wildman–Crippen LogP) is 4.61. The Bertz CT molecular complexity index is 785. The van der Waals surface area contributed by atoms with Gasteiger partial charge in [0.2, 0.25) is 5.91 Å². The van der Waals surface area contributed by atoms with Crippen molar-refractivity contribution in [2.24, 2.45) is 0 Å². The van der Waals surface area contributed by atoms with Crippen LogP contribution < -0.4 is 10.2 Å². The Morgan fingerprint density at radius 1 is 1.00 bits per heavy atom. The van der Waals surface area contributed by atoms with Gasteiger partial charge in [0.1, 0.15) is 0 Å². The molecule has 27 heavy (non-hydrogen) atoms. The van der Waals surface area contributed by atoms with Gasteiger partial charge < -0.3 is 10.2 Å². The minimum absolute atomic E-state index is 0.0549. The number of amides is 1. The van der Waals surface area contributed by atoms with Crippen LogP contribution in [0.5, 0.6) is 0 Å². The highest BCUT2D eigenvalue weighted by molar-refractivity contribution is 6.30. The fraction of sp³-hybridized carbons (Fsp3) is 0.409. The summed E-state index contributed by atoms with van der Waals surface area (Å²) in [5, 5.41) is 3.88. The van der Waals surface area contributed by atoms with E-state index in [-0.39, 0.29) is 11.9 Å². The Morgan fingerprint density at radius 3 is 2.37 bits per heavy atom. The van der Waals surface area contributed by atoms with Gasteiger partial charge >= 0.3 is 0 Å². The van der Waals surface area contributed by atoms with E-state index < -0.39 is 0 Å². The van der Waals surface area contributed by atoms with Crippen molar-refractivity contribution in [1.82, 2.24) is 4.90 Å². The van der Waals surface area contributed by atoms with Crippen LogP contribution in [0, 0.1) is 0 Å². The summed E-state index contributed by atoms with van der Waals surface area (Å²) in [6, 6.07) is 15.8. The molecule has 0 aliphatic carbocycles. The van der Waals surface area contributed by atoms with Crippen LogP contribution in [0.3, 0.4) is 0 Å². The van der Waals surface area contributed by atoms with Gasteiger partial charge in [-0.25, -0.2) is 0 Å². The lowest BCUT2D eigenvalue weighted by Crippen LogP contribution is -2.52. The SMILES string of the molecule is CC(C)c1ccccc1NC(=O)[C@H](C)N1CCN(c2cccc(Cl)c2)CC1. The first-order chi connectivity index (χ1) is 13.0. The molecule has 1 N–H and O–H groups in total. The lowest BCUT2D eigenvalue weighted by molar-refractivity contribution is -0.120. The summed E-state index contributed by atoms with van der Waals surface area (Å²) in [5.41, 5.74) is 3.23. The van der Waals surface area contributed by atoms with Crippen molar-refractivity contribution in [3.63, 3.8) is 0 Å². The largest absolute Gasteiger partial charge is 0.369 e. The van der Waals surface area contributed by atoms with E-state index in [1.165, 1.54) is 5.56 Å². The summed E-state index contributed by atoms with van der Waals surface area (Å²) in [5.74, 6) is 0.428. The first-order valence-electron chi connectivity index (χ1n) is 9.60. The van der Waals surface area contributed by atoms with Crippen molar-refractivity contribution in [1.29, 1.82) is 0 Å². The zero-order chi connectivity index (χ0) is 19.4. The molecule has 0 spiro atoms. The molecule has 2 aromatic carbocycles. The quantitative estimate of drug-likeness (QED) is 0.816. The molecule has 2 aromatic rings. The molecule has 144 valence electrons. The highest BCUT2D eigenvalue weighted by Gasteiger charge is 2.26. The van der Waals surface area contributed by atoms with Crippen molar-refractivity contribution in [3.8, 4) is 0 Å². The van der Waals surface area contributed by atoms with E-state index in [2.05, 4.69) is 41.1 Å². The normalized spacial score (nSPS) is 16.4. The topological polar surface area (TPSA) is 35.6 Å². The first-order valence-corrected chi connectivity index (χ1v) is 9.98. The number of hydrogen-bond donors (Lipinski definition) is 1. The van der Waals surface area contributed by atoms with Crippen LogP contribution in [0.4, 0.5) is 11.4 Å². The molecular formula is C22H28ClN3O. The van der Waals surface area contributed by atoms with Gasteiger partial charge in [0.15, 0.2) is 0 Å². The highest BCUT2D eigenvalue weighted by atomic mass is 35.5. The van der Waals surface area contributed by atoms with Gasteiger partial charge in [0.25, 0.3) is 0 Å². The molecule has 1 amide bonds. The van der Waals surface area contributed by atoms with Gasteiger partial charge in [-0.1, -0.05) is 49.7 Å². The van der Waals surface area contributed by atoms with Gasteiger partial charge in [-0.05, 0) is 42.7 Å². The number of nitrogens with zero attached hydrogens (tertiary/aromatic N) is 2. The number of halogens is 1. The summed E-state index contributed by atoms with van der Waals surface area (Å²) in [6.07, 6.45) is 0. The molecule has 0 unspecified atom stereocenters. The van der Waals surface area contributed by atoms with Gasteiger partial charge in [-0.15, -0.1) is 0 Å². The summed E-state index contributed by atoms with van der Waals surface area (Å²) in [6.45, 7) is 9.76. The molecule has 0 saturated carbocycles. The molecule has 5 heteroatoms. The number of piperazine rings is 1. The van der Waals surface area contributed by atoms with Crippen LogP contribution in [-0.4, -0.2) is 43.0 Å². The van der Waals surface area contributed by atoms with Crippen molar-refractivity contribution < 1.29 is 4.79 Å². The molecule has 0 bridgehead atoms. The summed E-state index contributed by atoms with van der Waals surface area (Å²) >= 11 is 6.11. The van der Waals surface area contributed by atoms with E-state index in [1.54, 1.807) is 0 Å². The lowest BCUT2D eigenvalue weighted by atomic mass is 10.0. The van der Waals surface area contributed by atoms with E-state index in [1.807, 2.05) is 43.3 Å². The van der Waals surface area contributed by atoms with Crippen LogP contribution in [0.1, 0.15) is 32.3 Å². The maximum Gasteiger partial charge on any atom is 0.241 e. The zero-order valence-electron chi connectivity index (χ0n) is 16.3. The molecular weight excluding hydrogens is 358 g/mol. The van der Waals surface area contributed by atoms with Crippen molar-refractivity contribution >= 4 is 28.9 Å². The Labute approximate surface area is 167 Å². The maximum atomic E-state index is 12.8. The number of nitrogens with one attached hydrogen (secondary N) is 1. The van der Waals surface area contributed by atoms with E-state index >= 15 is 0 Å². The fourth-order valence-electron chi connectivity index (χ4n) is 3.56. The van der Waals surface area contributed by atoms with Gasteiger partial charge in [0.05, 0.1) is 6.04 Å². The van der Waals surface area contributed by atoms with E-state index in [0.29, 0.717) is 5.92 Å². The average molecular weight is 386 g/mol. The van der Waals surface area contributed by atoms with Crippen molar-refractivity contribution in [2.45, 2.75) is 32.7 Å². The number of hydrogen-bond acceptors (Lipinski definition) is 3. The molecule has 1 saturated heterocycles. The van der Waals surface area contributed by atoms with E-state index in [4.69, 9.17) is 11.6 Å². The summed E-state index contributed by atoms with van der Waals surface area (Å²) in [7, 11) is 0. The second-order valence-electron chi connectivity index (χ2n) is 7.41. The van der Waals surface area contributed by atoms with Crippen LogP contribution in [-0.2, 0) is 4.79 Å².